The molecule has 2 heterocycles. The lowest BCUT2D eigenvalue weighted by molar-refractivity contribution is -0.00857. The SMILES string of the molecule is CCOC(=O)N1CCC2(CC1)CC(=O)c1cc(N)ccc1O2. The summed E-state index contributed by atoms with van der Waals surface area (Å²) in [6.45, 7) is 3.23. The zero-order valence-corrected chi connectivity index (χ0v) is 12.6. The Morgan fingerprint density at radius 3 is 2.82 bits per heavy atom. The average Bonchev–Trinajstić information content (AvgIpc) is 2.49. The molecule has 1 amide bonds. The Bertz CT molecular complexity index is 606. The highest BCUT2D eigenvalue weighted by atomic mass is 16.6. The molecule has 6 nitrogen and oxygen atoms in total. The third kappa shape index (κ3) is 2.61. The number of fused-ring (bicyclic) bond motifs is 1. The summed E-state index contributed by atoms with van der Waals surface area (Å²) in [7, 11) is 0. The normalized spacial score (nSPS) is 19.5. The van der Waals surface area contributed by atoms with Gasteiger partial charge in [-0.3, -0.25) is 4.79 Å². The van der Waals surface area contributed by atoms with Gasteiger partial charge in [-0.25, -0.2) is 4.79 Å². The van der Waals surface area contributed by atoms with E-state index >= 15 is 0 Å². The molecule has 0 aromatic heterocycles. The molecule has 0 atom stereocenters. The molecule has 1 spiro atoms. The topological polar surface area (TPSA) is 81.9 Å². The van der Waals surface area contributed by atoms with Crippen LogP contribution in [-0.2, 0) is 4.74 Å². The van der Waals surface area contributed by atoms with Gasteiger partial charge in [0.2, 0.25) is 0 Å². The van der Waals surface area contributed by atoms with Crippen LogP contribution < -0.4 is 10.5 Å². The number of ether oxygens (including phenoxy) is 2. The first-order valence-corrected chi connectivity index (χ1v) is 7.56. The minimum Gasteiger partial charge on any atom is -0.486 e. The summed E-state index contributed by atoms with van der Waals surface area (Å²) in [5.41, 5.74) is 6.33. The van der Waals surface area contributed by atoms with Crippen molar-refractivity contribution in [3.63, 3.8) is 0 Å². The van der Waals surface area contributed by atoms with E-state index in [1.54, 1.807) is 30.0 Å². The van der Waals surface area contributed by atoms with E-state index in [0.717, 1.165) is 0 Å². The number of likely N-dealkylation sites (tertiary alicyclic amines) is 1. The van der Waals surface area contributed by atoms with Crippen molar-refractivity contribution in [1.29, 1.82) is 0 Å². The number of carbonyl (C=O) groups excluding carboxylic acids is 2. The molecule has 22 heavy (non-hydrogen) atoms. The van der Waals surface area contributed by atoms with Gasteiger partial charge in [-0.15, -0.1) is 0 Å². The predicted molar refractivity (Wildman–Crippen MR) is 81.0 cm³/mol. The maximum absolute atomic E-state index is 12.4. The molecule has 2 N–H and O–H groups in total. The van der Waals surface area contributed by atoms with Crippen LogP contribution in [0.15, 0.2) is 18.2 Å². The number of hydrogen-bond acceptors (Lipinski definition) is 5. The fourth-order valence-corrected chi connectivity index (χ4v) is 3.10. The molecule has 1 aromatic rings. The Kier molecular flexibility index (Phi) is 3.68. The van der Waals surface area contributed by atoms with Gasteiger partial charge in [0.15, 0.2) is 5.78 Å². The number of rotatable bonds is 1. The number of benzene rings is 1. The smallest absolute Gasteiger partial charge is 0.409 e. The molecule has 0 saturated carbocycles. The monoisotopic (exact) mass is 304 g/mol. The average molecular weight is 304 g/mol. The van der Waals surface area contributed by atoms with Gasteiger partial charge in [0.1, 0.15) is 11.4 Å². The fraction of sp³-hybridized carbons (Fsp3) is 0.500. The third-order valence-electron chi connectivity index (χ3n) is 4.31. The number of carbonyl (C=O) groups is 2. The molecular formula is C16H20N2O4. The minimum absolute atomic E-state index is 0.0538. The number of ketones is 1. The quantitative estimate of drug-likeness (QED) is 0.805. The van der Waals surface area contributed by atoms with Gasteiger partial charge < -0.3 is 20.1 Å². The highest BCUT2D eigenvalue weighted by Crippen LogP contribution is 2.39. The van der Waals surface area contributed by atoms with Crippen molar-refractivity contribution in [2.45, 2.75) is 31.8 Å². The molecule has 1 aromatic carbocycles. The molecular weight excluding hydrogens is 284 g/mol. The molecule has 1 saturated heterocycles. The second-order valence-electron chi connectivity index (χ2n) is 5.83. The molecule has 1 fully saturated rings. The fourth-order valence-electron chi connectivity index (χ4n) is 3.10. The molecule has 0 radical (unpaired) electrons. The summed E-state index contributed by atoms with van der Waals surface area (Å²) >= 11 is 0. The lowest BCUT2D eigenvalue weighted by Crippen LogP contribution is -2.52. The summed E-state index contributed by atoms with van der Waals surface area (Å²) in [5.74, 6) is 0.646. The maximum Gasteiger partial charge on any atom is 0.409 e. The Labute approximate surface area is 129 Å². The summed E-state index contributed by atoms with van der Waals surface area (Å²) < 4.78 is 11.1. The molecule has 118 valence electrons. The van der Waals surface area contributed by atoms with Crippen LogP contribution in [0.5, 0.6) is 5.75 Å². The summed E-state index contributed by atoms with van der Waals surface area (Å²) in [6.07, 6.45) is 1.29. The predicted octanol–water partition coefficient (Wildman–Crippen LogP) is 2.23. The van der Waals surface area contributed by atoms with E-state index in [1.807, 2.05) is 0 Å². The van der Waals surface area contributed by atoms with Gasteiger partial charge in [0.25, 0.3) is 0 Å². The Morgan fingerprint density at radius 1 is 1.41 bits per heavy atom. The lowest BCUT2D eigenvalue weighted by atomic mass is 9.82. The van der Waals surface area contributed by atoms with Crippen LogP contribution in [0.2, 0.25) is 0 Å². The maximum atomic E-state index is 12.4. The third-order valence-corrected chi connectivity index (χ3v) is 4.31. The number of Topliss-reactive ketones (excluding diaryl/α,β-unsaturated/α-hetero) is 1. The number of anilines is 1. The highest BCUT2D eigenvalue weighted by Gasteiger charge is 2.43. The molecule has 2 aliphatic heterocycles. The summed E-state index contributed by atoms with van der Waals surface area (Å²) in [4.78, 5) is 25.8. The number of nitrogens with zero attached hydrogens (tertiary/aromatic N) is 1. The number of piperidine rings is 1. The first kappa shape index (κ1) is 14.7. The van der Waals surface area contributed by atoms with E-state index in [2.05, 4.69) is 0 Å². The van der Waals surface area contributed by atoms with Crippen LogP contribution in [0.4, 0.5) is 10.5 Å². The molecule has 6 heteroatoms. The standard InChI is InChI=1S/C16H20N2O4/c1-2-21-15(20)18-7-5-16(6-8-18)10-13(19)12-9-11(17)3-4-14(12)22-16/h3-4,9H,2,5-8,10,17H2,1H3. The van der Waals surface area contributed by atoms with Crippen molar-refractivity contribution >= 4 is 17.6 Å². The van der Waals surface area contributed by atoms with E-state index < -0.39 is 5.60 Å². The van der Waals surface area contributed by atoms with E-state index in [4.69, 9.17) is 15.2 Å². The molecule has 0 aliphatic carbocycles. The van der Waals surface area contributed by atoms with Gasteiger partial charge in [0, 0.05) is 31.6 Å². The van der Waals surface area contributed by atoms with Gasteiger partial charge in [-0.05, 0) is 25.1 Å². The number of nitrogen functional groups attached to an aromatic ring is 1. The highest BCUT2D eigenvalue weighted by molar-refractivity contribution is 6.01. The minimum atomic E-state index is -0.511. The Hall–Kier alpha value is -2.24. The van der Waals surface area contributed by atoms with Gasteiger partial charge in [-0.2, -0.15) is 0 Å². The Balaban J connectivity index is 1.73. The molecule has 3 rings (SSSR count). The van der Waals surface area contributed by atoms with Gasteiger partial charge >= 0.3 is 6.09 Å². The van der Waals surface area contributed by atoms with E-state index in [1.165, 1.54) is 0 Å². The molecule has 2 aliphatic rings. The second kappa shape index (κ2) is 5.51. The van der Waals surface area contributed by atoms with Crippen molar-refractivity contribution in [2.75, 3.05) is 25.4 Å². The van der Waals surface area contributed by atoms with Crippen LogP contribution in [0, 0.1) is 0 Å². The summed E-state index contributed by atoms with van der Waals surface area (Å²) in [5, 5.41) is 0. The van der Waals surface area contributed by atoms with Crippen LogP contribution in [0.3, 0.4) is 0 Å². The van der Waals surface area contributed by atoms with Crippen LogP contribution in [-0.4, -0.2) is 42.1 Å². The van der Waals surface area contributed by atoms with E-state index in [0.29, 0.717) is 56.0 Å². The largest absolute Gasteiger partial charge is 0.486 e. The zero-order valence-electron chi connectivity index (χ0n) is 12.6. The van der Waals surface area contributed by atoms with E-state index in [9.17, 15) is 9.59 Å². The first-order chi connectivity index (χ1) is 10.5. The second-order valence-corrected chi connectivity index (χ2v) is 5.83. The van der Waals surface area contributed by atoms with Crippen molar-refractivity contribution in [1.82, 2.24) is 4.90 Å². The number of amides is 1. The van der Waals surface area contributed by atoms with Gasteiger partial charge in [-0.1, -0.05) is 0 Å². The van der Waals surface area contributed by atoms with Crippen LogP contribution in [0.1, 0.15) is 36.5 Å². The Morgan fingerprint density at radius 2 is 2.14 bits per heavy atom. The van der Waals surface area contributed by atoms with Crippen LogP contribution in [0.25, 0.3) is 0 Å². The van der Waals surface area contributed by atoms with Crippen molar-refractivity contribution < 1.29 is 19.1 Å². The van der Waals surface area contributed by atoms with Gasteiger partial charge in [0.05, 0.1) is 18.6 Å². The number of nitrogens with two attached hydrogens (primary N) is 1. The van der Waals surface area contributed by atoms with Crippen molar-refractivity contribution in [3.8, 4) is 5.75 Å². The number of hydrogen-bond donors (Lipinski definition) is 1. The van der Waals surface area contributed by atoms with Crippen LogP contribution >= 0.6 is 0 Å². The van der Waals surface area contributed by atoms with Crippen molar-refractivity contribution in [2.24, 2.45) is 0 Å². The lowest BCUT2D eigenvalue weighted by Gasteiger charge is -2.43. The summed E-state index contributed by atoms with van der Waals surface area (Å²) in [6, 6.07) is 5.15. The first-order valence-electron chi connectivity index (χ1n) is 7.56. The molecule has 0 bridgehead atoms. The van der Waals surface area contributed by atoms with E-state index in [-0.39, 0.29) is 11.9 Å². The molecule has 0 unspecified atom stereocenters. The van der Waals surface area contributed by atoms with Crippen molar-refractivity contribution in [3.05, 3.63) is 23.8 Å². The zero-order chi connectivity index (χ0) is 15.7.